The predicted molar refractivity (Wildman–Crippen MR) is 39.3 cm³/mol. The van der Waals surface area contributed by atoms with E-state index in [0.29, 0.717) is 19.0 Å². The SMILES string of the molecule is OCc1ccoc1C1OCCO1. The first-order chi connectivity index (χ1) is 5.92. The van der Waals surface area contributed by atoms with Crippen molar-refractivity contribution in [1.29, 1.82) is 0 Å². The van der Waals surface area contributed by atoms with Crippen LogP contribution in [0.3, 0.4) is 0 Å². The van der Waals surface area contributed by atoms with Crippen molar-refractivity contribution in [2.75, 3.05) is 13.2 Å². The van der Waals surface area contributed by atoms with Crippen LogP contribution in [0, 0.1) is 0 Å². The molecule has 0 spiro atoms. The van der Waals surface area contributed by atoms with Crippen LogP contribution in [0.5, 0.6) is 0 Å². The van der Waals surface area contributed by atoms with Gasteiger partial charge in [0.2, 0.25) is 6.29 Å². The van der Waals surface area contributed by atoms with Crippen molar-refractivity contribution in [3.63, 3.8) is 0 Å². The van der Waals surface area contributed by atoms with Gasteiger partial charge >= 0.3 is 0 Å². The Morgan fingerprint density at radius 2 is 2.17 bits per heavy atom. The van der Waals surface area contributed by atoms with E-state index in [9.17, 15) is 0 Å². The Labute approximate surface area is 69.7 Å². The maximum absolute atomic E-state index is 8.90. The summed E-state index contributed by atoms with van der Waals surface area (Å²) in [4.78, 5) is 0. The smallest absolute Gasteiger partial charge is 0.217 e. The van der Waals surface area contributed by atoms with E-state index in [1.807, 2.05) is 0 Å². The molecule has 2 rings (SSSR count). The second kappa shape index (κ2) is 3.26. The molecule has 0 atom stereocenters. The Kier molecular flexibility index (Phi) is 2.12. The van der Waals surface area contributed by atoms with E-state index in [2.05, 4.69) is 0 Å². The topological polar surface area (TPSA) is 51.8 Å². The molecule has 1 aliphatic rings. The van der Waals surface area contributed by atoms with Crippen LogP contribution < -0.4 is 0 Å². The van der Waals surface area contributed by atoms with Crippen LogP contribution in [0.1, 0.15) is 17.6 Å². The van der Waals surface area contributed by atoms with Crippen molar-refractivity contribution in [2.24, 2.45) is 0 Å². The number of aliphatic hydroxyl groups is 1. The summed E-state index contributed by atoms with van der Waals surface area (Å²) in [5.74, 6) is 0.579. The summed E-state index contributed by atoms with van der Waals surface area (Å²) >= 11 is 0. The Morgan fingerprint density at radius 1 is 1.42 bits per heavy atom. The van der Waals surface area contributed by atoms with Crippen molar-refractivity contribution < 1.29 is 19.0 Å². The number of aliphatic hydroxyl groups excluding tert-OH is 1. The average molecular weight is 170 g/mol. The number of furan rings is 1. The van der Waals surface area contributed by atoms with Gasteiger partial charge in [-0.1, -0.05) is 0 Å². The molecule has 1 saturated heterocycles. The molecule has 1 aromatic rings. The van der Waals surface area contributed by atoms with Crippen molar-refractivity contribution in [2.45, 2.75) is 12.9 Å². The lowest BCUT2D eigenvalue weighted by Gasteiger charge is -2.06. The Hall–Kier alpha value is -0.840. The fourth-order valence-electron chi connectivity index (χ4n) is 1.19. The van der Waals surface area contributed by atoms with Gasteiger partial charge in [-0.25, -0.2) is 0 Å². The zero-order valence-corrected chi connectivity index (χ0v) is 6.53. The van der Waals surface area contributed by atoms with Gasteiger partial charge in [0, 0.05) is 5.56 Å². The maximum atomic E-state index is 8.90. The van der Waals surface area contributed by atoms with Crippen LogP contribution in [0.15, 0.2) is 16.7 Å². The van der Waals surface area contributed by atoms with Crippen LogP contribution in [0.25, 0.3) is 0 Å². The van der Waals surface area contributed by atoms with E-state index in [1.54, 1.807) is 6.07 Å². The molecule has 4 nitrogen and oxygen atoms in total. The molecule has 1 aliphatic heterocycles. The van der Waals surface area contributed by atoms with Gasteiger partial charge in [-0.2, -0.15) is 0 Å². The molecule has 1 N–H and O–H groups in total. The van der Waals surface area contributed by atoms with Gasteiger partial charge in [-0.05, 0) is 6.07 Å². The molecule has 0 unspecified atom stereocenters. The zero-order chi connectivity index (χ0) is 8.39. The van der Waals surface area contributed by atoms with Gasteiger partial charge in [-0.3, -0.25) is 0 Å². The summed E-state index contributed by atoms with van der Waals surface area (Å²) in [6.45, 7) is 1.11. The standard InChI is InChI=1S/C8H10O4/c9-5-6-1-2-10-7(6)8-11-3-4-12-8/h1-2,8-9H,3-5H2. The molecule has 66 valence electrons. The molecule has 0 aliphatic carbocycles. The van der Waals surface area contributed by atoms with E-state index >= 15 is 0 Å². The summed E-state index contributed by atoms with van der Waals surface area (Å²) < 4.78 is 15.6. The van der Waals surface area contributed by atoms with Crippen LogP contribution >= 0.6 is 0 Å². The lowest BCUT2D eigenvalue weighted by molar-refractivity contribution is -0.0602. The Balaban J connectivity index is 2.19. The van der Waals surface area contributed by atoms with Gasteiger partial charge in [0.1, 0.15) is 0 Å². The van der Waals surface area contributed by atoms with E-state index < -0.39 is 6.29 Å². The largest absolute Gasteiger partial charge is 0.464 e. The molecule has 1 fully saturated rings. The van der Waals surface area contributed by atoms with Crippen LogP contribution in [-0.4, -0.2) is 18.3 Å². The highest BCUT2D eigenvalue weighted by atomic mass is 16.7. The molecule has 2 heterocycles. The maximum Gasteiger partial charge on any atom is 0.217 e. The monoisotopic (exact) mass is 170 g/mol. The van der Waals surface area contributed by atoms with Crippen molar-refractivity contribution in [1.82, 2.24) is 0 Å². The first-order valence-electron chi connectivity index (χ1n) is 3.82. The van der Waals surface area contributed by atoms with E-state index in [1.165, 1.54) is 6.26 Å². The number of hydrogen-bond acceptors (Lipinski definition) is 4. The van der Waals surface area contributed by atoms with Crippen molar-refractivity contribution >= 4 is 0 Å². The Morgan fingerprint density at radius 3 is 2.83 bits per heavy atom. The van der Waals surface area contributed by atoms with E-state index in [-0.39, 0.29) is 6.61 Å². The average Bonchev–Trinajstić information content (AvgIpc) is 2.74. The fourth-order valence-corrected chi connectivity index (χ4v) is 1.19. The summed E-state index contributed by atoms with van der Waals surface area (Å²) in [5.41, 5.74) is 0.724. The van der Waals surface area contributed by atoms with Crippen molar-refractivity contribution in [3.8, 4) is 0 Å². The highest BCUT2D eigenvalue weighted by Crippen LogP contribution is 2.26. The molecular formula is C8H10O4. The number of rotatable bonds is 2. The summed E-state index contributed by atoms with van der Waals surface area (Å²) in [6.07, 6.45) is 1.09. The quantitative estimate of drug-likeness (QED) is 0.713. The molecular weight excluding hydrogens is 160 g/mol. The van der Waals surface area contributed by atoms with Crippen LogP contribution in [0.2, 0.25) is 0 Å². The first-order valence-corrected chi connectivity index (χ1v) is 3.82. The molecule has 0 bridgehead atoms. The van der Waals surface area contributed by atoms with Gasteiger partial charge in [0.05, 0.1) is 26.1 Å². The summed E-state index contributed by atoms with van der Waals surface area (Å²) in [7, 11) is 0. The van der Waals surface area contributed by atoms with E-state index in [0.717, 1.165) is 5.56 Å². The fraction of sp³-hybridized carbons (Fsp3) is 0.500. The summed E-state index contributed by atoms with van der Waals surface area (Å²) in [5, 5.41) is 8.90. The Bertz CT molecular complexity index is 249. The zero-order valence-electron chi connectivity index (χ0n) is 6.53. The minimum atomic E-state index is -0.429. The molecule has 0 aromatic carbocycles. The lowest BCUT2D eigenvalue weighted by Crippen LogP contribution is -1.99. The van der Waals surface area contributed by atoms with Crippen LogP contribution in [-0.2, 0) is 16.1 Å². The van der Waals surface area contributed by atoms with Gasteiger partial charge in [0.25, 0.3) is 0 Å². The van der Waals surface area contributed by atoms with E-state index in [4.69, 9.17) is 19.0 Å². The molecule has 0 saturated carbocycles. The number of hydrogen-bond donors (Lipinski definition) is 1. The molecule has 4 heteroatoms. The van der Waals surface area contributed by atoms with Gasteiger partial charge in [0.15, 0.2) is 5.76 Å². The molecule has 1 aromatic heterocycles. The highest BCUT2D eigenvalue weighted by Gasteiger charge is 2.23. The first kappa shape index (κ1) is 7.79. The van der Waals surface area contributed by atoms with Crippen LogP contribution in [0.4, 0.5) is 0 Å². The minimum absolute atomic E-state index is 0.0466. The molecule has 12 heavy (non-hydrogen) atoms. The number of ether oxygens (including phenoxy) is 2. The predicted octanol–water partition coefficient (Wildman–Crippen LogP) is 0.817. The highest BCUT2D eigenvalue weighted by molar-refractivity contribution is 5.17. The lowest BCUT2D eigenvalue weighted by atomic mass is 10.2. The second-order valence-corrected chi connectivity index (χ2v) is 2.54. The third-order valence-corrected chi connectivity index (χ3v) is 1.79. The molecule has 0 amide bonds. The second-order valence-electron chi connectivity index (χ2n) is 2.54. The summed E-state index contributed by atoms with van der Waals surface area (Å²) in [6, 6.07) is 1.71. The van der Waals surface area contributed by atoms with Gasteiger partial charge in [-0.15, -0.1) is 0 Å². The van der Waals surface area contributed by atoms with Gasteiger partial charge < -0.3 is 19.0 Å². The van der Waals surface area contributed by atoms with Crippen molar-refractivity contribution in [3.05, 3.63) is 23.7 Å². The normalized spacial score (nSPS) is 18.8. The third kappa shape index (κ3) is 1.24. The minimum Gasteiger partial charge on any atom is -0.464 e. The molecule has 0 radical (unpaired) electrons. The third-order valence-electron chi connectivity index (χ3n) is 1.79.